The van der Waals surface area contributed by atoms with Crippen LogP contribution in [0.15, 0.2) is 48.5 Å². The van der Waals surface area contributed by atoms with E-state index in [1.807, 2.05) is 60.5 Å². The lowest BCUT2D eigenvalue weighted by atomic mass is 10.2. The summed E-state index contributed by atoms with van der Waals surface area (Å²) in [4.78, 5) is 13.1. The number of rotatable bonds is 5. The summed E-state index contributed by atoms with van der Waals surface area (Å²) in [5, 5.41) is 12.9. The van der Waals surface area contributed by atoms with Crippen LogP contribution < -0.4 is 15.0 Å². The second-order valence-corrected chi connectivity index (χ2v) is 6.36. The Labute approximate surface area is 150 Å². The molecule has 1 amide bonds. The maximum atomic E-state index is 11.1. The molecular formula is C18H18N4O2S. The molecule has 6 nitrogen and oxygen atoms in total. The highest BCUT2D eigenvalue weighted by molar-refractivity contribution is 7.18. The van der Waals surface area contributed by atoms with Crippen LogP contribution >= 0.6 is 11.3 Å². The van der Waals surface area contributed by atoms with Gasteiger partial charge in [-0.25, -0.2) is 0 Å². The summed E-state index contributed by atoms with van der Waals surface area (Å²) in [6, 6.07) is 15.3. The van der Waals surface area contributed by atoms with E-state index in [1.54, 1.807) is 7.11 Å². The molecular weight excluding hydrogens is 336 g/mol. The highest BCUT2D eigenvalue weighted by atomic mass is 32.1. The Balaban J connectivity index is 1.77. The summed E-state index contributed by atoms with van der Waals surface area (Å²) in [6.07, 6.45) is 0. The Hall–Kier alpha value is -2.93. The van der Waals surface area contributed by atoms with E-state index in [2.05, 4.69) is 15.5 Å². The number of hydrogen-bond donors (Lipinski definition) is 1. The smallest absolute Gasteiger partial charge is 0.221 e. The average molecular weight is 354 g/mol. The van der Waals surface area contributed by atoms with E-state index in [4.69, 9.17) is 4.74 Å². The summed E-state index contributed by atoms with van der Waals surface area (Å²) in [5.74, 6) is 0.724. The fourth-order valence-electron chi connectivity index (χ4n) is 2.28. The van der Waals surface area contributed by atoms with Crippen LogP contribution in [0.3, 0.4) is 0 Å². The zero-order valence-electron chi connectivity index (χ0n) is 14.2. The van der Waals surface area contributed by atoms with Gasteiger partial charge in [-0.2, -0.15) is 0 Å². The molecule has 7 heteroatoms. The van der Waals surface area contributed by atoms with Crippen LogP contribution in [0.1, 0.15) is 6.92 Å². The van der Waals surface area contributed by atoms with Gasteiger partial charge in [-0.15, -0.1) is 10.2 Å². The fraction of sp³-hybridized carbons (Fsp3) is 0.167. The Kier molecular flexibility index (Phi) is 4.95. The van der Waals surface area contributed by atoms with Crippen molar-refractivity contribution >= 4 is 33.8 Å². The van der Waals surface area contributed by atoms with Gasteiger partial charge in [0.2, 0.25) is 11.0 Å². The minimum atomic E-state index is -0.0907. The van der Waals surface area contributed by atoms with E-state index in [9.17, 15) is 4.79 Å². The largest absolute Gasteiger partial charge is 0.497 e. The van der Waals surface area contributed by atoms with Crippen molar-refractivity contribution in [3.05, 3.63) is 48.5 Å². The Morgan fingerprint density at radius 3 is 2.36 bits per heavy atom. The second kappa shape index (κ2) is 7.31. The van der Waals surface area contributed by atoms with Crippen molar-refractivity contribution in [3.8, 4) is 16.3 Å². The lowest BCUT2D eigenvalue weighted by Crippen LogP contribution is -2.08. The molecule has 1 aromatic heterocycles. The zero-order valence-corrected chi connectivity index (χ0v) is 15.0. The number of nitrogens with zero attached hydrogens (tertiary/aromatic N) is 3. The van der Waals surface area contributed by atoms with E-state index < -0.39 is 0 Å². The highest BCUT2D eigenvalue weighted by Gasteiger charge is 2.12. The Morgan fingerprint density at radius 2 is 1.76 bits per heavy atom. The molecule has 0 spiro atoms. The predicted molar refractivity (Wildman–Crippen MR) is 101 cm³/mol. The molecule has 0 unspecified atom stereocenters. The number of methoxy groups -OCH3 is 1. The quantitative estimate of drug-likeness (QED) is 0.752. The van der Waals surface area contributed by atoms with Gasteiger partial charge in [0.15, 0.2) is 0 Å². The molecule has 25 heavy (non-hydrogen) atoms. The summed E-state index contributed by atoms with van der Waals surface area (Å²) in [6.45, 7) is 1.49. The van der Waals surface area contributed by atoms with E-state index in [1.165, 1.54) is 18.3 Å². The first kappa shape index (κ1) is 16.9. The minimum absolute atomic E-state index is 0.0907. The molecule has 0 bridgehead atoms. The van der Waals surface area contributed by atoms with Gasteiger partial charge in [0.05, 0.1) is 7.11 Å². The molecule has 0 aliphatic rings. The lowest BCUT2D eigenvalue weighted by Gasteiger charge is -2.15. The monoisotopic (exact) mass is 354 g/mol. The van der Waals surface area contributed by atoms with Crippen LogP contribution in [0.2, 0.25) is 0 Å². The van der Waals surface area contributed by atoms with Gasteiger partial charge in [0.1, 0.15) is 10.8 Å². The number of anilines is 3. The molecule has 1 heterocycles. The van der Waals surface area contributed by atoms with Crippen molar-refractivity contribution in [2.24, 2.45) is 0 Å². The Morgan fingerprint density at radius 1 is 1.08 bits per heavy atom. The Bertz CT molecular complexity index is 860. The normalized spacial score (nSPS) is 10.4. The summed E-state index contributed by atoms with van der Waals surface area (Å²) in [5.41, 5.74) is 2.72. The van der Waals surface area contributed by atoms with Gasteiger partial charge in [-0.1, -0.05) is 11.3 Å². The third kappa shape index (κ3) is 3.95. The third-order valence-corrected chi connectivity index (χ3v) is 4.66. The topological polar surface area (TPSA) is 67.3 Å². The maximum Gasteiger partial charge on any atom is 0.221 e. The number of amides is 1. The van der Waals surface area contributed by atoms with Crippen LogP contribution in [0, 0.1) is 0 Å². The van der Waals surface area contributed by atoms with E-state index in [0.29, 0.717) is 0 Å². The van der Waals surface area contributed by atoms with Gasteiger partial charge in [-0.05, 0) is 48.5 Å². The molecule has 3 rings (SSSR count). The molecule has 0 atom stereocenters. The first-order chi connectivity index (χ1) is 12.1. The number of carbonyl (C=O) groups excluding carboxylic acids is 1. The van der Waals surface area contributed by atoms with Crippen LogP contribution in [-0.4, -0.2) is 30.3 Å². The molecule has 0 aliphatic heterocycles. The van der Waals surface area contributed by atoms with Crippen LogP contribution in [0.4, 0.5) is 16.5 Å². The van der Waals surface area contributed by atoms with Crippen LogP contribution in [0.5, 0.6) is 5.75 Å². The lowest BCUT2D eigenvalue weighted by molar-refractivity contribution is -0.114. The number of ether oxygens (including phenoxy) is 1. The zero-order chi connectivity index (χ0) is 17.8. The van der Waals surface area contributed by atoms with Gasteiger partial charge >= 0.3 is 0 Å². The molecule has 3 aromatic rings. The average Bonchev–Trinajstić information content (AvgIpc) is 3.11. The van der Waals surface area contributed by atoms with Gasteiger partial charge < -0.3 is 15.0 Å². The summed E-state index contributed by atoms with van der Waals surface area (Å²) >= 11 is 1.50. The molecule has 0 saturated heterocycles. The standard InChI is InChI=1S/C18H18N4O2S/c1-12(23)19-14-6-4-13(5-7-14)17-20-21-18(25-17)22(2)15-8-10-16(24-3)11-9-15/h4-11H,1-3H3,(H,19,23). The number of nitrogens with one attached hydrogen (secondary N) is 1. The van der Waals surface area contributed by atoms with Crippen molar-refractivity contribution in [1.82, 2.24) is 10.2 Å². The van der Waals surface area contributed by atoms with Crippen molar-refractivity contribution in [2.75, 3.05) is 24.4 Å². The number of aromatic nitrogens is 2. The molecule has 128 valence electrons. The van der Waals surface area contributed by atoms with Gasteiger partial charge in [-0.3, -0.25) is 4.79 Å². The third-order valence-electron chi connectivity index (χ3n) is 3.61. The first-order valence-corrected chi connectivity index (χ1v) is 8.48. The number of benzene rings is 2. The minimum Gasteiger partial charge on any atom is -0.497 e. The molecule has 0 saturated carbocycles. The van der Waals surface area contributed by atoms with Crippen LogP contribution in [-0.2, 0) is 4.79 Å². The van der Waals surface area contributed by atoms with E-state index in [0.717, 1.165) is 32.8 Å². The highest BCUT2D eigenvalue weighted by Crippen LogP contribution is 2.32. The second-order valence-electron chi connectivity index (χ2n) is 5.41. The number of hydrogen-bond acceptors (Lipinski definition) is 6. The first-order valence-electron chi connectivity index (χ1n) is 7.66. The molecule has 0 radical (unpaired) electrons. The van der Waals surface area contributed by atoms with Gasteiger partial charge in [0.25, 0.3) is 0 Å². The number of carbonyl (C=O) groups is 1. The molecule has 2 aromatic carbocycles. The SMILES string of the molecule is COc1ccc(N(C)c2nnc(-c3ccc(NC(C)=O)cc3)s2)cc1. The molecule has 1 N–H and O–H groups in total. The fourth-order valence-corrected chi connectivity index (χ4v) is 3.12. The van der Waals surface area contributed by atoms with Crippen molar-refractivity contribution < 1.29 is 9.53 Å². The van der Waals surface area contributed by atoms with Crippen molar-refractivity contribution in [3.63, 3.8) is 0 Å². The summed E-state index contributed by atoms with van der Waals surface area (Å²) in [7, 11) is 3.60. The van der Waals surface area contributed by atoms with Crippen LogP contribution in [0.25, 0.3) is 10.6 Å². The van der Waals surface area contributed by atoms with E-state index in [-0.39, 0.29) is 5.91 Å². The predicted octanol–water partition coefficient (Wildman–Crippen LogP) is 3.94. The summed E-state index contributed by atoms with van der Waals surface area (Å²) < 4.78 is 5.18. The van der Waals surface area contributed by atoms with E-state index >= 15 is 0 Å². The molecule has 0 aliphatic carbocycles. The maximum absolute atomic E-state index is 11.1. The molecule has 0 fully saturated rings. The van der Waals surface area contributed by atoms with Crippen molar-refractivity contribution in [1.29, 1.82) is 0 Å². The van der Waals surface area contributed by atoms with Crippen molar-refractivity contribution in [2.45, 2.75) is 6.92 Å². The van der Waals surface area contributed by atoms with Gasteiger partial charge in [0, 0.05) is 30.9 Å².